The molecule has 2 aliphatic carbocycles. The van der Waals surface area contributed by atoms with Crippen molar-refractivity contribution in [2.45, 2.75) is 51.0 Å². The molecule has 2 aliphatic rings. The number of aromatic amines is 1. The van der Waals surface area contributed by atoms with Gasteiger partial charge in [0, 0.05) is 35.0 Å². The molecular formula is C30H28F4N4O2. The highest BCUT2D eigenvalue weighted by Crippen LogP contribution is 2.29. The van der Waals surface area contributed by atoms with E-state index in [0.29, 0.717) is 23.9 Å². The number of nitrogens with one attached hydrogen (secondary N) is 3. The molecular weight excluding hydrogens is 524 g/mol. The van der Waals surface area contributed by atoms with Gasteiger partial charge < -0.3 is 15.6 Å². The van der Waals surface area contributed by atoms with Gasteiger partial charge in [0.1, 0.15) is 17.2 Å². The molecule has 1 heterocycles. The Bertz CT molecular complexity index is 1490. The van der Waals surface area contributed by atoms with Gasteiger partial charge in [-0.2, -0.15) is 0 Å². The van der Waals surface area contributed by atoms with Gasteiger partial charge in [-0.3, -0.25) is 9.59 Å². The number of benzene rings is 2. The third-order valence-corrected chi connectivity index (χ3v) is 7.40. The monoisotopic (exact) mass is 552 g/mol. The van der Waals surface area contributed by atoms with Crippen molar-refractivity contribution >= 4 is 29.7 Å². The minimum absolute atomic E-state index is 0.0131. The lowest BCUT2D eigenvalue weighted by molar-refractivity contribution is -0.124. The Morgan fingerprint density at radius 1 is 0.950 bits per heavy atom. The van der Waals surface area contributed by atoms with Gasteiger partial charge in [0.2, 0.25) is 5.91 Å². The zero-order valence-electron chi connectivity index (χ0n) is 21.6. The number of fused-ring (bicyclic) bond motifs is 1. The maximum absolute atomic E-state index is 14.5. The normalized spacial score (nSPS) is 17.1. The van der Waals surface area contributed by atoms with Crippen molar-refractivity contribution in [2.75, 3.05) is 5.32 Å². The van der Waals surface area contributed by atoms with Crippen LogP contribution in [-0.4, -0.2) is 27.8 Å². The van der Waals surface area contributed by atoms with E-state index in [1.54, 1.807) is 12.1 Å². The Balaban J connectivity index is 1.26. The molecule has 1 aromatic heterocycles. The van der Waals surface area contributed by atoms with Crippen LogP contribution in [0.5, 0.6) is 0 Å². The van der Waals surface area contributed by atoms with Crippen molar-refractivity contribution < 1.29 is 27.2 Å². The number of rotatable bonds is 6. The van der Waals surface area contributed by atoms with Gasteiger partial charge in [-0.05, 0) is 43.2 Å². The van der Waals surface area contributed by atoms with Crippen LogP contribution in [0.1, 0.15) is 65.8 Å². The van der Waals surface area contributed by atoms with Gasteiger partial charge in [0.05, 0.1) is 11.6 Å². The molecule has 10 heteroatoms. The number of H-pyrrole nitrogens is 1. The highest BCUT2D eigenvalue weighted by Gasteiger charge is 2.29. The molecule has 2 amide bonds. The van der Waals surface area contributed by atoms with Crippen molar-refractivity contribution in [1.29, 1.82) is 0 Å². The van der Waals surface area contributed by atoms with Crippen LogP contribution in [0.15, 0.2) is 36.9 Å². The summed E-state index contributed by atoms with van der Waals surface area (Å²) in [5.74, 6) is -8.20. The smallest absolute Gasteiger partial charge is 0.261 e. The van der Waals surface area contributed by atoms with Gasteiger partial charge in [0.25, 0.3) is 5.91 Å². The molecule has 1 atom stereocenters. The van der Waals surface area contributed by atoms with Crippen LogP contribution in [0.3, 0.4) is 0 Å². The van der Waals surface area contributed by atoms with Gasteiger partial charge in [-0.25, -0.2) is 22.5 Å². The summed E-state index contributed by atoms with van der Waals surface area (Å²) in [5.41, 5.74) is 0.218. The largest absolute Gasteiger partial charge is 0.353 e. The Morgan fingerprint density at radius 3 is 2.33 bits per heavy atom. The molecule has 0 bridgehead atoms. The number of carbonyl (C=O) groups is 2. The summed E-state index contributed by atoms with van der Waals surface area (Å²) >= 11 is 0. The Labute approximate surface area is 228 Å². The maximum atomic E-state index is 14.5. The van der Waals surface area contributed by atoms with Crippen LogP contribution in [-0.2, 0) is 11.2 Å². The summed E-state index contributed by atoms with van der Waals surface area (Å²) in [5, 5.41) is 5.49. The molecule has 2 aromatic carbocycles. The number of hydrogen-bond donors (Lipinski definition) is 3. The zero-order valence-corrected chi connectivity index (χ0v) is 21.6. The van der Waals surface area contributed by atoms with E-state index in [0.717, 1.165) is 37.1 Å². The first kappa shape index (κ1) is 27.4. The van der Waals surface area contributed by atoms with Crippen LogP contribution in [0.4, 0.5) is 23.2 Å². The molecule has 3 N–H and O–H groups in total. The van der Waals surface area contributed by atoms with Gasteiger partial charge in [-0.15, -0.1) is 0 Å². The van der Waals surface area contributed by atoms with Crippen LogP contribution in [0.2, 0.25) is 0 Å². The zero-order chi connectivity index (χ0) is 28.4. The lowest BCUT2D eigenvalue weighted by Crippen LogP contribution is -2.39. The minimum atomic E-state index is -1.96. The number of imidazole rings is 1. The SMILES string of the molecule is C=Cc1c(F)c(F)c(F)c(C(=O)Nc2ccc(-c3nc4c([nH]3)CC(C(=O)NC3CCCCCC3)C=C4)cc2)c1F. The molecule has 0 radical (unpaired) electrons. The minimum Gasteiger partial charge on any atom is -0.353 e. The van der Waals surface area contributed by atoms with E-state index in [2.05, 4.69) is 27.2 Å². The first-order valence-corrected chi connectivity index (χ1v) is 13.2. The predicted octanol–water partition coefficient (Wildman–Crippen LogP) is 6.55. The third kappa shape index (κ3) is 5.43. The summed E-state index contributed by atoms with van der Waals surface area (Å²) in [6.45, 7) is 3.18. The molecule has 1 unspecified atom stereocenters. The lowest BCUT2D eigenvalue weighted by Gasteiger charge is -2.21. The molecule has 6 nitrogen and oxygen atoms in total. The number of carbonyl (C=O) groups excluding carboxylic acids is 2. The Hall–Kier alpha value is -4.21. The lowest BCUT2D eigenvalue weighted by atomic mass is 9.95. The van der Waals surface area contributed by atoms with Crippen molar-refractivity contribution in [3.8, 4) is 11.4 Å². The number of anilines is 1. The first-order chi connectivity index (χ1) is 19.3. The van der Waals surface area contributed by atoms with Crippen LogP contribution >= 0.6 is 0 Å². The molecule has 0 spiro atoms. The second kappa shape index (κ2) is 11.5. The van der Waals surface area contributed by atoms with Crippen molar-refractivity contribution in [1.82, 2.24) is 15.3 Å². The van der Waals surface area contributed by atoms with Crippen LogP contribution < -0.4 is 10.6 Å². The van der Waals surface area contributed by atoms with Crippen LogP contribution in [0, 0.1) is 29.2 Å². The molecule has 0 saturated heterocycles. The number of aromatic nitrogens is 2. The van der Waals surface area contributed by atoms with Crippen LogP contribution in [0.25, 0.3) is 23.5 Å². The summed E-state index contributed by atoms with van der Waals surface area (Å²) in [6, 6.07) is 6.45. The van der Waals surface area contributed by atoms with E-state index < -0.39 is 40.3 Å². The van der Waals surface area contributed by atoms with Crippen molar-refractivity contribution in [3.63, 3.8) is 0 Å². The van der Waals surface area contributed by atoms with E-state index >= 15 is 0 Å². The maximum Gasteiger partial charge on any atom is 0.261 e. The van der Waals surface area contributed by atoms with Crippen molar-refractivity contribution in [2.24, 2.45) is 5.92 Å². The van der Waals surface area contributed by atoms with E-state index in [-0.39, 0.29) is 23.6 Å². The average Bonchev–Trinajstić information content (AvgIpc) is 3.21. The highest BCUT2D eigenvalue weighted by atomic mass is 19.2. The molecule has 40 heavy (non-hydrogen) atoms. The first-order valence-electron chi connectivity index (χ1n) is 13.2. The van der Waals surface area contributed by atoms with E-state index in [4.69, 9.17) is 0 Å². The number of hydrogen-bond acceptors (Lipinski definition) is 3. The predicted molar refractivity (Wildman–Crippen MR) is 144 cm³/mol. The van der Waals surface area contributed by atoms with E-state index in [9.17, 15) is 27.2 Å². The standard InChI is InChI=1S/C30H28F4N4O2/c1-2-20-24(31)23(26(33)27(34)25(20)32)30(40)36-19-12-9-16(10-13-19)28-37-21-14-11-17(15-22(21)38-28)29(39)35-18-7-5-3-4-6-8-18/h2,9-14,17-18H,1,3-8,15H2,(H,35,39)(H,36,40)(H,37,38). The summed E-state index contributed by atoms with van der Waals surface area (Å²) in [6.07, 6.45) is 11.6. The molecule has 3 aromatic rings. The summed E-state index contributed by atoms with van der Waals surface area (Å²) in [7, 11) is 0. The number of nitrogens with zero attached hydrogens (tertiary/aromatic N) is 1. The third-order valence-electron chi connectivity index (χ3n) is 7.40. The van der Waals surface area contributed by atoms with Gasteiger partial charge in [0.15, 0.2) is 17.5 Å². The Morgan fingerprint density at radius 2 is 1.65 bits per heavy atom. The number of amides is 2. The quantitative estimate of drug-likeness (QED) is 0.140. The van der Waals surface area contributed by atoms with Gasteiger partial charge in [-0.1, -0.05) is 44.4 Å². The Kier molecular flexibility index (Phi) is 7.86. The summed E-state index contributed by atoms with van der Waals surface area (Å²) in [4.78, 5) is 33.3. The fourth-order valence-corrected chi connectivity index (χ4v) is 5.20. The molecule has 1 saturated carbocycles. The second-order valence-corrected chi connectivity index (χ2v) is 10.1. The molecule has 208 valence electrons. The number of halogens is 4. The fourth-order valence-electron chi connectivity index (χ4n) is 5.20. The molecule has 0 aliphatic heterocycles. The van der Waals surface area contributed by atoms with E-state index in [1.165, 1.54) is 25.0 Å². The summed E-state index contributed by atoms with van der Waals surface area (Å²) < 4.78 is 56.4. The highest BCUT2D eigenvalue weighted by molar-refractivity contribution is 6.05. The average molecular weight is 553 g/mol. The molecule has 1 fully saturated rings. The molecule has 5 rings (SSSR count). The topological polar surface area (TPSA) is 86.9 Å². The van der Waals surface area contributed by atoms with Gasteiger partial charge >= 0.3 is 0 Å². The second-order valence-electron chi connectivity index (χ2n) is 10.1. The fraction of sp³-hybridized carbons (Fsp3) is 0.300. The van der Waals surface area contributed by atoms with E-state index in [1.807, 2.05) is 12.2 Å². The van der Waals surface area contributed by atoms with Crippen molar-refractivity contribution in [3.05, 3.63) is 82.7 Å².